The van der Waals surface area contributed by atoms with Crippen LogP contribution in [0.2, 0.25) is 0 Å². The third-order valence-electron chi connectivity index (χ3n) is 4.64. The van der Waals surface area contributed by atoms with Crippen molar-refractivity contribution < 1.29 is 4.79 Å². The number of carbonyl (C=O) groups excluding carboxylic acids is 1. The van der Waals surface area contributed by atoms with Crippen LogP contribution in [0.15, 0.2) is 6.20 Å². The highest BCUT2D eigenvalue weighted by molar-refractivity contribution is 5.95. The van der Waals surface area contributed by atoms with E-state index >= 15 is 0 Å². The fourth-order valence-corrected chi connectivity index (χ4v) is 3.27. The summed E-state index contributed by atoms with van der Waals surface area (Å²) in [6, 6.07) is 0.215. The fourth-order valence-electron chi connectivity index (χ4n) is 3.27. The van der Waals surface area contributed by atoms with E-state index < -0.39 is 0 Å². The first-order valence-electron chi connectivity index (χ1n) is 8.38. The zero-order chi connectivity index (χ0) is 16.5. The number of amides is 1. The summed E-state index contributed by atoms with van der Waals surface area (Å²) >= 11 is 0. The maximum atomic E-state index is 12.8. The molecule has 1 amide bonds. The van der Waals surface area contributed by atoms with Crippen LogP contribution in [0, 0.1) is 5.92 Å². The SMILES string of the molecule is CCc1c(C(=O)N2CCC(C(C)N)CC2)cnn1C(C)(C)C.Cl. The van der Waals surface area contributed by atoms with E-state index in [0.29, 0.717) is 5.92 Å². The Bertz CT molecular complexity index is 525. The molecule has 23 heavy (non-hydrogen) atoms. The van der Waals surface area contributed by atoms with E-state index in [4.69, 9.17) is 5.73 Å². The maximum Gasteiger partial charge on any atom is 0.257 e. The summed E-state index contributed by atoms with van der Waals surface area (Å²) in [6.07, 6.45) is 4.55. The summed E-state index contributed by atoms with van der Waals surface area (Å²) in [5.74, 6) is 0.655. The Kier molecular flexibility index (Phi) is 6.66. The monoisotopic (exact) mass is 342 g/mol. The first-order valence-corrected chi connectivity index (χ1v) is 8.38. The van der Waals surface area contributed by atoms with Crippen LogP contribution in [0.25, 0.3) is 0 Å². The van der Waals surface area contributed by atoms with Gasteiger partial charge in [-0.1, -0.05) is 6.92 Å². The number of nitrogens with zero attached hydrogens (tertiary/aromatic N) is 3. The highest BCUT2D eigenvalue weighted by Crippen LogP contribution is 2.24. The van der Waals surface area contributed by atoms with Crippen molar-refractivity contribution in [1.82, 2.24) is 14.7 Å². The summed E-state index contributed by atoms with van der Waals surface area (Å²) in [5, 5.41) is 4.47. The van der Waals surface area contributed by atoms with E-state index in [0.717, 1.165) is 43.6 Å². The number of rotatable bonds is 3. The third kappa shape index (κ3) is 4.27. The van der Waals surface area contributed by atoms with Gasteiger partial charge in [-0.05, 0) is 52.9 Å². The van der Waals surface area contributed by atoms with Gasteiger partial charge in [0.1, 0.15) is 0 Å². The lowest BCUT2D eigenvalue weighted by Crippen LogP contribution is -2.42. The average molecular weight is 343 g/mol. The normalized spacial score (nSPS) is 17.7. The topological polar surface area (TPSA) is 64.2 Å². The number of carbonyl (C=O) groups is 1. The van der Waals surface area contributed by atoms with Crippen molar-refractivity contribution in [2.24, 2.45) is 11.7 Å². The summed E-state index contributed by atoms with van der Waals surface area (Å²) < 4.78 is 1.98. The van der Waals surface area contributed by atoms with Gasteiger partial charge in [0.25, 0.3) is 5.91 Å². The molecule has 1 fully saturated rings. The highest BCUT2D eigenvalue weighted by atomic mass is 35.5. The van der Waals surface area contributed by atoms with Crippen molar-refractivity contribution in [2.45, 2.75) is 65.5 Å². The number of nitrogens with two attached hydrogens (primary N) is 1. The van der Waals surface area contributed by atoms with Crippen LogP contribution in [0.1, 0.15) is 63.5 Å². The zero-order valence-corrected chi connectivity index (χ0v) is 15.8. The van der Waals surface area contributed by atoms with Gasteiger partial charge in [-0.25, -0.2) is 0 Å². The average Bonchev–Trinajstić information content (AvgIpc) is 2.90. The van der Waals surface area contributed by atoms with Crippen LogP contribution in [-0.4, -0.2) is 39.7 Å². The Morgan fingerprint density at radius 3 is 2.39 bits per heavy atom. The van der Waals surface area contributed by atoms with E-state index in [9.17, 15) is 4.79 Å². The second-order valence-corrected chi connectivity index (χ2v) is 7.43. The maximum absolute atomic E-state index is 12.8. The molecule has 0 aliphatic carbocycles. The zero-order valence-electron chi connectivity index (χ0n) is 15.0. The van der Waals surface area contributed by atoms with Crippen LogP contribution < -0.4 is 5.73 Å². The van der Waals surface area contributed by atoms with E-state index in [1.165, 1.54) is 0 Å². The molecule has 2 heterocycles. The lowest BCUT2D eigenvalue weighted by atomic mass is 9.90. The molecule has 2 N–H and O–H groups in total. The van der Waals surface area contributed by atoms with Gasteiger partial charge in [0.05, 0.1) is 23.0 Å². The van der Waals surface area contributed by atoms with Gasteiger partial charge in [0, 0.05) is 19.1 Å². The van der Waals surface area contributed by atoms with E-state index in [2.05, 4.69) is 39.7 Å². The van der Waals surface area contributed by atoms with Crippen molar-refractivity contribution in [3.05, 3.63) is 17.5 Å². The standard InChI is InChI=1S/C17H30N4O.ClH/c1-6-15-14(11-19-21(15)17(3,4)5)16(22)20-9-7-13(8-10-20)12(2)18;/h11-13H,6-10,18H2,1-5H3;1H. The molecule has 132 valence electrons. The molecule has 0 spiro atoms. The van der Waals surface area contributed by atoms with Crippen LogP contribution in [-0.2, 0) is 12.0 Å². The molecule has 1 aliphatic rings. The number of hydrogen-bond acceptors (Lipinski definition) is 3. The first kappa shape index (κ1) is 20.0. The van der Waals surface area contributed by atoms with Crippen molar-refractivity contribution >= 4 is 18.3 Å². The largest absolute Gasteiger partial charge is 0.339 e. The quantitative estimate of drug-likeness (QED) is 0.918. The predicted octanol–water partition coefficient (Wildman–Crippen LogP) is 2.82. The van der Waals surface area contributed by atoms with Gasteiger partial charge < -0.3 is 10.6 Å². The van der Waals surface area contributed by atoms with Crippen LogP contribution in [0.4, 0.5) is 0 Å². The minimum Gasteiger partial charge on any atom is -0.339 e. The van der Waals surface area contributed by atoms with Gasteiger partial charge in [-0.2, -0.15) is 5.10 Å². The highest BCUT2D eigenvalue weighted by Gasteiger charge is 2.29. The Morgan fingerprint density at radius 2 is 1.96 bits per heavy atom. The lowest BCUT2D eigenvalue weighted by molar-refractivity contribution is 0.0679. The smallest absolute Gasteiger partial charge is 0.257 e. The third-order valence-corrected chi connectivity index (χ3v) is 4.64. The Morgan fingerprint density at radius 1 is 1.39 bits per heavy atom. The summed E-state index contributed by atoms with van der Waals surface area (Å²) in [5.41, 5.74) is 7.67. The molecule has 0 aromatic carbocycles. The molecule has 0 radical (unpaired) electrons. The molecule has 1 aromatic heterocycles. The van der Waals surface area contributed by atoms with Gasteiger partial charge in [0.2, 0.25) is 0 Å². The lowest BCUT2D eigenvalue weighted by Gasteiger charge is -2.33. The predicted molar refractivity (Wildman–Crippen MR) is 96.1 cm³/mol. The number of likely N-dealkylation sites (tertiary alicyclic amines) is 1. The minimum atomic E-state index is -0.105. The molecule has 6 heteroatoms. The fraction of sp³-hybridized carbons (Fsp3) is 0.765. The van der Waals surface area contributed by atoms with Crippen LogP contribution in [0.3, 0.4) is 0 Å². The Balaban J connectivity index is 0.00000264. The second kappa shape index (κ2) is 7.67. The number of aromatic nitrogens is 2. The van der Waals surface area contributed by atoms with Crippen molar-refractivity contribution in [2.75, 3.05) is 13.1 Å². The number of halogens is 1. The molecule has 0 bridgehead atoms. The molecular formula is C17H31ClN4O. The molecule has 5 nitrogen and oxygen atoms in total. The van der Waals surface area contributed by atoms with Gasteiger partial charge in [-0.15, -0.1) is 12.4 Å². The number of hydrogen-bond donors (Lipinski definition) is 1. The second-order valence-electron chi connectivity index (χ2n) is 7.43. The van der Waals surface area contributed by atoms with Gasteiger partial charge >= 0.3 is 0 Å². The molecule has 1 atom stereocenters. The minimum absolute atomic E-state index is 0. The molecule has 1 saturated heterocycles. The van der Waals surface area contributed by atoms with Gasteiger partial charge in [-0.3, -0.25) is 9.48 Å². The van der Waals surface area contributed by atoms with Gasteiger partial charge in [0.15, 0.2) is 0 Å². The Labute approximate surface area is 146 Å². The molecular weight excluding hydrogens is 312 g/mol. The van der Waals surface area contributed by atoms with E-state index in [1.807, 2.05) is 9.58 Å². The summed E-state index contributed by atoms with van der Waals surface area (Å²) in [6.45, 7) is 12.1. The molecule has 1 aliphatic heterocycles. The van der Waals surface area contributed by atoms with Crippen molar-refractivity contribution in [3.8, 4) is 0 Å². The van der Waals surface area contributed by atoms with E-state index in [-0.39, 0.29) is 29.9 Å². The van der Waals surface area contributed by atoms with Crippen LogP contribution in [0.5, 0.6) is 0 Å². The van der Waals surface area contributed by atoms with Crippen molar-refractivity contribution in [3.63, 3.8) is 0 Å². The molecule has 1 aromatic rings. The first-order chi connectivity index (χ1) is 10.3. The van der Waals surface area contributed by atoms with Crippen molar-refractivity contribution in [1.29, 1.82) is 0 Å². The summed E-state index contributed by atoms with van der Waals surface area (Å²) in [7, 11) is 0. The molecule has 0 saturated carbocycles. The summed E-state index contributed by atoms with van der Waals surface area (Å²) in [4.78, 5) is 14.8. The van der Waals surface area contributed by atoms with E-state index in [1.54, 1.807) is 6.20 Å². The molecule has 1 unspecified atom stereocenters. The Hall–Kier alpha value is -1.07. The molecule has 2 rings (SSSR count). The number of piperidine rings is 1. The van der Waals surface area contributed by atoms with Crippen LogP contribution >= 0.6 is 12.4 Å².